The first-order valence-corrected chi connectivity index (χ1v) is 4.24. The minimum atomic E-state index is 0.967. The molecular weight excluding hydrogens is 146 g/mol. The minimum absolute atomic E-state index is 0.967. The predicted octanol–water partition coefficient (Wildman–Crippen LogP) is 2.96. The van der Waals surface area contributed by atoms with Crippen molar-refractivity contribution in [2.45, 2.75) is 13.8 Å². The highest BCUT2D eigenvalue weighted by atomic mass is 15.1. The fraction of sp³-hybridized carbons (Fsp3) is 0.273. The van der Waals surface area contributed by atoms with Crippen LogP contribution in [0.1, 0.15) is 12.5 Å². The SMILES string of the molecule is C=CN(CC)c1ccccc1C. The van der Waals surface area contributed by atoms with Crippen LogP contribution in [0.25, 0.3) is 0 Å². The molecule has 0 saturated heterocycles. The Kier molecular flexibility index (Phi) is 2.92. The van der Waals surface area contributed by atoms with E-state index in [1.165, 1.54) is 11.3 Å². The minimum Gasteiger partial charge on any atom is -0.349 e. The summed E-state index contributed by atoms with van der Waals surface area (Å²) in [6.07, 6.45) is 1.86. The Morgan fingerprint density at radius 1 is 1.42 bits per heavy atom. The van der Waals surface area contributed by atoms with Crippen molar-refractivity contribution in [3.05, 3.63) is 42.6 Å². The van der Waals surface area contributed by atoms with Crippen molar-refractivity contribution < 1.29 is 0 Å². The topological polar surface area (TPSA) is 3.24 Å². The van der Waals surface area contributed by atoms with E-state index in [2.05, 4.69) is 49.6 Å². The summed E-state index contributed by atoms with van der Waals surface area (Å²) in [7, 11) is 0. The van der Waals surface area contributed by atoms with Crippen LogP contribution in [0.3, 0.4) is 0 Å². The maximum atomic E-state index is 3.78. The van der Waals surface area contributed by atoms with Crippen molar-refractivity contribution in [3.8, 4) is 0 Å². The van der Waals surface area contributed by atoms with Crippen LogP contribution in [0.5, 0.6) is 0 Å². The van der Waals surface area contributed by atoms with Crippen molar-refractivity contribution >= 4 is 5.69 Å². The van der Waals surface area contributed by atoms with E-state index in [9.17, 15) is 0 Å². The van der Waals surface area contributed by atoms with Gasteiger partial charge in [-0.2, -0.15) is 0 Å². The lowest BCUT2D eigenvalue weighted by Crippen LogP contribution is -2.14. The van der Waals surface area contributed by atoms with Crippen LogP contribution < -0.4 is 4.90 Å². The Hall–Kier alpha value is -1.24. The highest BCUT2D eigenvalue weighted by molar-refractivity contribution is 5.54. The van der Waals surface area contributed by atoms with Crippen molar-refractivity contribution in [3.63, 3.8) is 0 Å². The Morgan fingerprint density at radius 2 is 2.08 bits per heavy atom. The zero-order chi connectivity index (χ0) is 8.97. The molecule has 0 unspecified atom stereocenters. The van der Waals surface area contributed by atoms with Crippen molar-refractivity contribution in [2.24, 2.45) is 0 Å². The van der Waals surface area contributed by atoms with Crippen LogP contribution in [-0.4, -0.2) is 6.54 Å². The maximum Gasteiger partial charge on any atom is 0.0435 e. The Balaban J connectivity index is 3.00. The van der Waals surface area contributed by atoms with Gasteiger partial charge in [0, 0.05) is 12.2 Å². The van der Waals surface area contributed by atoms with E-state index in [1.807, 2.05) is 6.20 Å². The highest BCUT2D eigenvalue weighted by Gasteiger charge is 2.00. The number of rotatable bonds is 3. The summed E-state index contributed by atoms with van der Waals surface area (Å²) in [4.78, 5) is 2.13. The lowest BCUT2D eigenvalue weighted by molar-refractivity contribution is 1.01. The Labute approximate surface area is 74.3 Å². The van der Waals surface area contributed by atoms with E-state index in [1.54, 1.807) is 0 Å². The van der Waals surface area contributed by atoms with Gasteiger partial charge in [-0.25, -0.2) is 0 Å². The molecule has 0 spiro atoms. The van der Waals surface area contributed by atoms with Gasteiger partial charge in [0.25, 0.3) is 0 Å². The van der Waals surface area contributed by atoms with Crippen molar-refractivity contribution in [2.75, 3.05) is 11.4 Å². The molecule has 0 N–H and O–H groups in total. The molecule has 0 fully saturated rings. The van der Waals surface area contributed by atoms with Crippen LogP contribution in [-0.2, 0) is 0 Å². The predicted molar refractivity (Wildman–Crippen MR) is 54.4 cm³/mol. The number of nitrogens with zero attached hydrogens (tertiary/aromatic N) is 1. The third-order valence-corrected chi connectivity index (χ3v) is 1.99. The van der Waals surface area contributed by atoms with E-state index in [-0.39, 0.29) is 0 Å². The van der Waals surface area contributed by atoms with Crippen LogP contribution in [0, 0.1) is 6.92 Å². The molecule has 1 aromatic carbocycles. The summed E-state index contributed by atoms with van der Waals surface area (Å²) in [5.74, 6) is 0. The molecule has 0 saturated carbocycles. The molecule has 1 nitrogen and oxygen atoms in total. The summed E-state index contributed by atoms with van der Waals surface area (Å²) in [6.45, 7) is 8.97. The van der Waals surface area contributed by atoms with Crippen molar-refractivity contribution in [1.29, 1.82) is 0 Å². The number of aryl methyl sites for hydroxylation is 1. The molecule has 0 aliphatic heterocycles. The fourth-order valence-corrected chi connectivity index (χ4v) is 1.28. The van der Waals surface area contributed by atoms with Gasteiger partial charge < -0.3 is 4.90 Å². The van der Waals surface area contributed by atoms with E-state index in [0.29, 0.717) is 0 Å². The van der Waals surface area contributed by atoms with Gasteiger partial charge in [0.05, 0.1) is 0 Å². The zero-order valence-electron chi connectivity index (χ0n) is 7.75. The van der Waals surface area contributed by atoms with Crippen LogP contribution in [0.4, 0.5) is 5.69 Å². The summed E-state index contributed by atoms with van der Waals surface area (Å²) in [5.41, 5.74) is 2.54. The second kappa shape index (κ2) is 3.96. The molecule has 1 aromatic rings. The first-order valence-electron chi connectivity index (χ1n) is 4.24. The van der Waals surface area contributed by atoms with E-state index >= 15 is 0 Å². The number of hydrogen-bond acceptors (Lipinski definition) is 1. The van der Waals surface area contributed by atoms with E-state index in [0.717, 1.165) is 6.54 Å². The molecule has 64 valence electrons. The molecular formula is C11H15N. The molecule has 0 aliphatic carbocycles. The van der Waals surface area contributed by atoms with Gasteiger partial charge in [0.2, 0.25) is 0 Å². The van der Waals surface area contributed by atoms with Crippen LogP contribution in [0.2, 0.25) is 0 Å². The van der Waals surface area contributed by atoms with Gasteiger partial charge in [0.15, 0.2) is 0 Å². The van der Waals surface area contributed by atoms with Gasteiger partial charge in [-0.05, 0) is 31.7 Å². The standard InChI is InChI=1S/C11H15N/c1-4-12(5-2)11-9-7-6-8-10(11)3/h4,6-9H,1,5H2,2-3H3. The van der Waals surface area contributed by atoms with Gasteiger partial charge in [0.1, 0.15) is 0 Å². The molecule has 0 radical (unpaired) electrons. The monoisotopic (exact) mass is 161 g/mol. The van der Waals surface area contributed by atoms with Gasteiger partial charge in [-0.3, -0.25) is 0 Å². The van der Waals surface area contributed by atoms with Crippen molar-refractivity contribution in [1.82, 2.24) is 0 Å². The largest absolute Gasteiger partial charge is 0.349 e. The second-order valence-electron chi connectivity index (χ2n) is 2.76. The third-order valence-electron chi connectivity index (χ3n) is 1.99. The second-order valence-corrected chi connectivity index (χ2v) is 2.76. The highest BCUT2D eigenvalue weighted by Crippen LogP contribution is 2.18. The molecule has 0 heterocycles. The molecule has 0 aromatic heterocycles. The molecule has 0 aliphatic rings. The number of hydrogen-bond donors (Lipinski definition) is 0. The lowest BCUT2D eigenvalue weighted by Gasteiger charge is -2.19. The average Bonchev–Trinajstić information content (AvgIpc) is 2.10. The lowest BCUT2D eigenvalue weighted by atomic mass is 10.2. The molecule has 0 atom stereocenters. The normalized spacial score (nSPS) is 9.50. The average molecular weight is 161 g/mol. The first kappa shape index (κ1) is 8.85. The van der Waals surface area contributed by atoms with E-state index in [4.69, 9.17) is 0 Å². The molecule has 12 heavy (non-hydrogen) atoms. The number of benzene rings is 1. The fourth-order valence-electron chi connectivity index (χ4n) is 1.28. The molecule has 1 heteroatoms. The Bertz CT molecular complexity index is 265. The van der Waals surface area contributed by atoms with Gasteiger partial charge in [-0.15, -0.1) is 0 Å². The number of para-hydroxylation sites is 1. The summed E-state index contributed by atoms with van der Waals surface area (Å²) in [5, 5.41) is 0. The number of anilines is 1. The van der Waals surface area contributed by atoms with E-state index < -0.39 is 0 Å². The Morgan fingerprint density at radius 3 is 2.58 bits per heavy atom. The molecule has 1 rings (SSSR count). The quantitative estimate of drug-likeness (QED) is 0.658. The molecule has 0 amide bonds. The maximum absolute atomic E-state index is 3.78. The van der Waals surface area contributed by atoms with Crippen LogP contribution in [0.15, 0.2) is 37.0 Å². The van der Waals surface area contributed by atoms with Gasteiger partial charge in [-0.1, -0.05) is 24.8 Å². The van der Waals surface area contributed by atoms with Crippen LogP contribution >= 0.6 is 0 Å². The zero-order valence-corrected chi connectivity index (χ0v) is 7.75. The first-order chi connectivity index (χ1) is 5.79. The summed E-state index contributed by atoms with van der Waals surface area (Å²) in [6, 6.07) is 8.33. The summed E-state index contributed by atoms with van der Waals surface area (Å²) < 4.78 is 0. The third kappa shape index (κ3) is 1.67. The smallest absolute Gasteiger partial charge is 0.0435 e. The summed E-state index contributed by atoms with van der Waals surface area (Å²) >= 11 is 0. The molecule has 0 bridgehead atoms. The van der Waals surface area contributed by atoms with Gasteiger partial charge >= 0.3 is 0 Å².